The first kappa shape index (κ1) is 24.7. The molecule has 3 aromatic carbocycles. The summed E-state index contributed by atoms with van der Waals surface area (Å²) in [4.78, 5) is 51.1. The quantitative estimate of drug-likeness (QED) is 0.390. The molecule has 36 heavy (non-hydrogen) atoms. The molecule has 1 heterocycles. The van der Waals surface area contributed by atoms with Crippen LogP contribution in [-0.2, 0) is 11.3 Å². The third-order valence-corrected chi connectivity index (χ3v) is 5.92. The molecule has 1 aromatic heterocycles. The van der Waals surface area contributed by atoms with Crippen molar-refractivity contribution in [1.82, 2.24) is 15.2 Å². The molecule has 0 aliphatic rings. The van der Waals surface area contributed by atoms with Crippen LogP contribution in [0.1, 0.15) is 36.8 Å². The van der Waals surface area contributed by atoms with Gasteiger partial charge < -0.3 is 19.9 Å². The lowest BCUT2D eigenvalue weighted by Crippen LogP contribution is -2.31. The van der Waals surface area contributed by atoms with Crippen LogP contribution in [0.2, 0.25) is 5.02 Å². The maximum Gasteiger partial charge on any atom is 0.355 e. The van der Waals surface area contributed by atoms with Gasteiger partial charge in [-0.3, -0.25) is 14.4 Å². The van der Waals surface area contributed by atoms with Gasteiger partial charge in [-0.1, -0.05) is 29.8 Å². The minimum absolute atomic E-state index is 0.0151. The van der Waals surface area contributed by atoms with E-state index in [9.17, 15) is 19.2 Å². The molecule has 182 valence electrons. The van der Waals surface area contributed by atoms with Gasteiger partial charge in [0.1, 0.15) is 5.69 Å². The van der Waals surface area contributed by atoms with Crippen molar-refractivity contribution in [2.75, 3.05) is 14.2 Å². The van der Waals surface area contributed by atoms with Gasteiger partial charge in [0.2, 0.25) is 0 Å². The van der Waals surface area contributed by atoms with Crippen LogP contribution < -0.4 is 16.1 Å². The Kier molecular flexibility index (Phi) is 7.17. The number of aromatic nitrogens is 1. The first-order chi connectivity index (χ1) is 17.3. The highest BCUT2D eigenvalue weighted by molar-refractivity contribution is 6.31. The predicted molar refractivity (Wildman–Crippen MR) is 137 cm³/mol. The van der Waals surface area contributed by atoms with Crippen LogP contribution in [0.3, 0.4) is 0 Å². The molecule has 0 spiro atoms. The number of rotatable bonds is 6. The molecule has 4 aromatic rings. The van der Waals surface area contributed by atoms with E-state index in [0.717, 1.165) is 0 Å². The number of benzene rings is 3. The minimum atomic E-state index is -0.739. The van der Waals surface area contributed by atoms with Crippen molar-refractivity contribution < 1.29 is 19.1 Å². The second-order valence-electron chi connectivity index (χ2n) is 7.82. The van der Waals surface area contributed by atoms with Gasteiger partial charge in [-0.05, 0) is 54.6 Å². The molecule has 2 amide bonds. The van der Waals surface area contributed by atoms with Crippen molar-refractivity contribution in [2.24, 2.45) is 0 Å². The summed E-state index contributed by atoms with van der Waals surface area (Å²) in [5.74, 6) is -1.49. The number of ether oxygens (including phenoxy) is 1. The molecular formula is C27H22ClN3O5. The fourth-order valence-corrected chi connectivity index (χ4v) is 4.08. The number of fused-ring (bicyclic) bond motifs is 1. The highest BCUT2D eigenvalue weighted by Gasteiger charge is 2.25. The molecule has 2 N–H and O–H groups in total. The molecular weight excluding hydrogens is 482 g/mol. The fourth-order valence-electron chi connectivity index (χ4n) is 3.92. The van der Waals surface area contributed by atoms with E-state index >= 15 is 0 Å². The van der Waals surface area contributed by atoms with Crippen molar-refractivity contribution in [1.29, 1.82) is 0 Å². The summed E-state index contributed by atoms with van der Waals surface area (Å²) in [6.45, 7) is -0.231. The van der Waals surface area contributed by atoms with E-state index in [4.69, 9.17) is 16.3 Å². The Morgan fingerprint density at radius 2 is 1.56 bits per heavy atom. The van der Waals surface area contributed by atoms with E-state index in [2.05, 4.69) is 10.6 Å². The average Bonchev–Trinajstić information content (AvgIpc) is 2.91. The fraction of sp³-hybridized carbons (Fsp3) is 0.111. The monoisotopic (exact) mass is 503 g/mol. The van der Waals surface area contributed by atoms with Crippen molar-refractivity contribution >= 4 is 40.3 Å². The summed E-state index contributed by atoms with van der Waals surface area (Å²) in [6.07, 6.45) is 0. The Morgan fingerprint density at radius 3 is 2.17 bits per heavy atom. The lowest BCUT2D eigenvalue weighted by Gasteiger charge is -2.20. The van der Waals surface area contributed by atoms with Gasteiger partial charge in [0, 0.05) is 40.8 Å². The zero-order chi connectivity index (χ0) is 25.8. The van der Waals surface area contributed by atoms with Gasteiger partial charge in [-0.2, -0.15) is 0 Å². The Balaban J connectivity index is 1.82. The predicted octanol–water partition coefficient (Wildman–Crippen LogP) is 3.72. The largest absolute Gasteiger partial charge is 0.464 e. The summed E-state index contributed by atoms with van der Waals surface area (Å²) < 4.78 is 6.63. The van der Waals surface area contributed by atoms with Crippen LogP contribution >= 0.6 is 11.6 Å². The van der Waals surface area contributed by atoms with Gasteiger partial charge >= 0.3 is 5.97 Å². The highest BCUT2D eigenvalue weighted by Crippen LogP contribution is 2.25. The summed E-state index contributed by atoms with van der Waals surface area (Å²) in [7, 11) is 2.74. The molecule has 0 aliphatic heterocycles. The van der Waals surface area contributed by atoms with Gasteiger partial charge in [-0.15, -0.1) is 0 Å². The molecule has 0 fully saturated rings. The van der Waals surface area contributed by atoms with Crippen LogP contribution in [0.25, 0.3) is 16.6 Å². The molecule has 0 atom stereocenters. The van der Waals surface area contributed by atoms with Crippen LogP contribution in [0.4, 0.5) is 0 Å². The molecule has 0 saturated heterocycles. The number of methoxy groups -OCH3 is 1. The molecule has 0 bridgehead atoms. The standard InChI is InChI=1S/C27H22ClN3O5/c1-29-25(33)16-8-10-17(11-9-16)26(34)30-15-21-23(27(35)36-2)31(19-6-4-3-5-7-19)22-14-18(28)12-13-20(22)24(21)32/h3-14H,15H2,1-2H3,(H,29,33)(H,30,34). The lowest BCUT2D eigenvalue weighted by molar-refractivity contribution is 0.0588. The Labute approximate surface area is 211 Å². The SMILES string of the molecule is CNC(=O)c1ccc(C(=O)NCc2c(C(=O)OC)n(-c3ccccc3)c3cc(Cl)ccc3c2=O)cc1. The van der Waals surface area contributed by atoms with Crippen LogP contribution in [0, 0.1) is 0 Å². The first-order valence-electron chi connectivity index (χ1n) is 11.0. The van der Waals surface area contributed by atoms with E-state index in [1.807, 2.05) is 6.07 Å². The van der Waals surface area contributed by atoms with Gasteiger partial charge in [-0.25, -0.2) is 4.79 Å². The lowest BCUT2D eigenvalue weighted by atomic mass is 10.1. The average molecular weight is 504 g/mol. The summed E-state index contributed by atoms with van der Waals surface area (Å²) in [5, 5.41) is 5.94. The number of para-hydroxylation sites is 1. The van der Waals surface area contributed by atoms with Gasteiger partial charge in [0.25, 0.3) is 11.8 Å². The van der Waals surface area contributed by atoms with Gasteiger partial charge in [0.05, 0.1) is 18.2 Å². The van der Waals surface area contributed by atoms with Crippen LogP contribution in [0.15, 0.2) is 77.6 Å². The van der Waals surface area contributed by atoms with Crippen molar-refractivity contribution in [3.63, 3.8) is 0 Å². The Bertz CT molecular complexity index is 1530. The first-order valence-corrected chi connectivity index (χ1v) is 11.3. The second-order valence-corrected chi connectivity index (χ2v) is 8.26. The number of esters is 1. The van der Waals surface area contributed by atoms with E-state index in [1.165, 1.54) is 38.4 Å². The Hall–Kier alpha value is -4.43. The second kappa shape index (κ2) is 10.5. The van der Waals surface area contributed by atoms with Crippen LogP contribution in [0.5, 0.6) is 0 Å². The smallest absolute Gasteiger partial charge is 0.355 e. The molecule has 9 heteroatoms. The number of hydrogen-bond acceptors (Lipinski definition) is 5. The Morgan fingerprint density at radius 1 is 0.917 bits per heavy atom. The molecule has 0 saturated carbocycles. The highest BCUT2D eigenvalue weighted by atomic mass is 35.5. The maximum absolute atomic E-state index is 13.5. The molecule has 0 unspecified atom stereocenters. The number of carbonyl (C=O) groups is 3. The van der Waals surface area contributed by atoms with Crippen molar-refractivity contribution in [3.05, 3.63) is 110 Å². The zero-order valence-electron chi connectivity index (χ0n) is 19.5. The van der Waals surface area contributed by atoms with E-state index in [1.54, 1.807) is 47.0 Å². The number of halogens is 1. The number of pyridine rings is 1. The number of nitrogens with one attached hydrogen (secondary N) is 2. The molecule has 4 rings (SSSR count). The minimum Gasteiger partial charge on any atom is -0.464 e. The summed E-state index contributed by atoms with van der Waals surface area (Å²) in [5.41, 5.74) is 1.36. The number of hydrogen-bond donors (Lipinski definition) is 2. The number of carbonyl (C=O) groups excluding carboxylic acids is 3. The van der Waals surface area contributed by atoms with Gasteiger partial charge in [0.15, 0.2) is 5.43 Å². The van der Waals surface area contributed by atoms with E-state index in [0.29, 0.717) is 32.7 Å². The topological polar surface area (TPSA) is 106 Å². The molecule has 8 nitrogen and oxygen atoms in total. The normalized spacial score (nSPS) is 10.6. The summed E-state index contributed by atoms with van der Waals surface area (Å²) in [6, 6.07) is 19.8. The zero-order valence-corrected chi connectivity index (χ0v) is 20.3. The van der Waals surface area contributed by atoms with E-state index in [-0.39, 0.29) is 23.7 Å². The maximum atomic E-state index is 13.5. The third-order valence-electron chi connectivity index (χ3n) is 5.68. The van der Waals surface area contributed by atoms with E-state index < -0.39 is 17.3 Å². The summed E-state index contributed by atoms with van der Waals surface area (Å²) >= 11 is 6.23. The van der Waals surface area contributed by atoms with Crippen LogP contribution in [-0.4, -0.2) is 36.5 Å². The third kappa shape index (κ3) is 4.71. The van der Waals surface area contributed by atoms with Crippen molar-refractivity contribution in [3.8, 4) is 5.69 Å². The number of amides is 2. The molecule has 0 aliphatic carbocycles. The van der Waals surface area contributed by atoms with Crippen molar-refractivity contribution in [2.45, 2.75) is 6.54 Å². The number of nitrogens with zero attached hydrogens (tertiary/aromatic N) is 1. The molecule has 0 radical (unpaired) electrons.